The van der Waals surface area contributed by atoms with E-state index in [1.54, 1.807) is 0 Å². The lowest BCUT2D eigenvalue weighted by molar-refractivity contribution is 0.752. The summed E-state index contributed by atoms with van der Waals surface area (Å²) in [5.74, 6) is 0.963. The first kappa shape index (κ1) is 21.1. The molecular weight excluding hydrogens is 330 g/mol. The molecule has 0 spiro atoms. The van der Waals surface area contributed by atoms with Gasteiger partial charge in [0.15, 0.2) is 0 Å². The molecule has 1 unspecified atom stereocenters. The van der Waals surface area contributed by atoms with Crippen LogP contribution in [0.3, 0.4) is 0 Å². The van der Waals surface area contributed by atoms with E-state index in [-0.39, 0.29) is 0 Å². The SMILES string of the molecule is CC(C)c1ccc(CC(C)c2c(N(C)C)cccc2N(C)C)cc1N(C)C. The van der Waals surface area contributed by atoms with Gasteiger partial charge in [0.2, 0.25) is 0 Å². The van der Waals surface area contributed by atoms with Gasteiger partial charge in [0, 0.05) is 64.9 Å². The van der Waals surface area contributed by atoms with Crippen LogP contribution >= 0.6 is 0 Å². The average molecular weight is 368 g/mol. The van der Waals surface area contributed by atoms with Crippen LogP contribution in [0.2, 0.25) is 0 Å². The summed E-state index contributed by atoms with van der Waals surface area (Å²) in [6.45, 7) is 6.88. The molecule has 0 amide bonds. The first-order valence-corrected chi connectivity index (χ1v) is 9.91. The lowest BCUT2D eigenvalue weighted by Crippen LogP contribution is -2.18. The average Bonchev–Trinajstić information content (AvgIpc) is 2.60. The molecule has 27 heavy (non-hydrogen) atoms. The molecule has 2 aromatic carbocycles. The summed E-state index contributed by atoms with van der Waals surface area (Å²) >= 11 is 0. The van der Waals surface area contributed by atoms with Crippen LogP contribution < -0.4 is 14.7 Å². The molecular formula is C24H37N3. The van der Waals surface area contributed by atoms with Crippen LogP contribution in [0.25, 0.3) is 0 Å². The van der Waals surface area contributed by atoms with E-state index in [9.17, 15) is 0 Å². The van der Waals surface area contributed by atoms with Crippen molar-refractivity contribution in [3.8, 4) is 0 Å². The van der Waals surface area contributed by atoms with Crippen molar-refractivity contribution in [2.45, 2.75) is 39.0 Å². The van der Waals surface area contributed by atoms with Crippen molar-refractivity contribution in [2.75, 3.05) is 57.0 Å². The number of rotatable bonds is 7. The number of nitrogens with zero attached hydrogens (tertiary/aromatic N) is 3. The second-order valence-corrected chi connectivity index (χ2v) is 8.55. The third-order valence-electron chi connectivity index (χ3n) is 5.26. The Morgan fingerprint density at radius 1 is 0.704 bits per heavy atom. The fraction of sp³-hybridized carbons (Fsp3) is 0.500. The largest absolute Gasteiger partial charge is 0.377 e. The van der Waals surface area contributed by atoms with Crippen LogP contribution in [0.4, 0.5) is 17.1 Å². The molecule has 0 saturated heterocycles. The van der Waals surface area contributed by atoms with Gasteiger partial charge in [0.1, 0.15) is 0 Å². The van der Waals surface area contributed by atoms with Gasteiger partial charge < -0.3 is 14.7 Å². The molecule has 0 fully saturated rings. The summed E-state index contributed by atoms with van der Waals surface area (Å²) in [7, 11) is 12.8. The topological polar surface area (TPSA) is 9.72 Å². The van der Waals surface area contributed by atoms with Crippen LogP contribution in [0.5, 0.6) is 0 Å². The Bertz CT molecular complexity index is 734. The standard InChI is InChI=1S/C24H37N3/c1-17(2)20-14-13-19(16-23(20)27(8)9)15-18(3)24-21(25(4)5)11-10-12-22(24)26(6)7/h10-14,16-18H,15H2,1-9H3. The number of benzene rings is 2. The second-order valence-electron chi connectivity index (χ2n) is 8.55. The molecule has 0 saturated carbocycles. The highest BCUT2D eigenvalue weighted by Crippen LogP contribution is 2.37. The highest BCUT2D eigenvalue weighted by atomic mass is 15.1. The number of anilines is 3. The molecule has 0 aromatic heterocycles. The van der Waals surface area contributed by atoms with Crippen LogP contribution in [0.1, 0.15) is 49.3 Å². The van der Waals surface area contributed by atoms with Gasteiger partial charge in [-0.2, -0.15) is 0 Å². The van der Waals surface area contributed by atoms with Crippen molar-refractivity contribution >= 4 is 17.1 Å². The van der Waals surface area contributed by atoms with Crippen LogP contribution in [-0.4, -0.2) is 42.3 Å². The van der Waals surface area contributed by atoms with Crippen LogP contribution in [-0.2, 0) is 6.42 Å². The smallest absolute Gasteiger partial charge is 0.0417 e. The lowest BCUT2D eigenvalue weighted by Gasteiger charge is -2.28. The van der Waals surface area contributed by atoms with Gasteiger partial charge >= 0.3 is 0 Å². The van der Waals surface area contributed by atoms with E-state index in [0.717, 1.165) is 6.42 Å². The second kappa shape index (κ2) is 8.69. The number of hydrogen-bond acceptors (Lipinski definition) is 3. The van der Waals surface area contributed by atoms with Crippen LogP contribution in [0, 0.1) is 0 Å². The Morgan fingerprint density at radius 3 is 1.67 bits per heavy atom. The minimum absolute atomic E-state index is 0.431. The monoisotopic (exact) mass is 367 g/mol. The van der Waals surface area contributed by atoms with Crippen molar-refractivity contribution in [3.63, 3.8) is 0 Å². The van der Waals surface area contributed by atoms with E-state index in [4.69, 9.17) is 0 Å². The normalized spacial score (nSPS) is 12.2. The highest BCUT2D eigenvalue weighted by Gasteiger charge is 2.19. The number of hydrogen-bond donors (Lipinski definition) is 0. The molecule has 0 heterocycles. The first-order valence-electron chi connectivity index (χ1n) is 9.91. The molecule has 148 valence electrons. The van der Waals surface area contributed by atoms with E-state index in [1.807, 2.05) is 0 Å². The zero-order valence-electron chi connectivity index (χ0n) is 18.7. The van der Waals surface area contributed by atoms with Gasteiger partial charge in [-0.15, -0.1) is 0 Å². The molecule has 0 radical (unpaired) electrons. The van der Waals surface area contributed by atoms with Gasteiger partial charge in [0.05, 0.1) is 0 Å². The Balaban J connectivity index is 2.43. The summed E-state index contributed by atoms with van der Waals surface area (Å²) in [5.41, 5.74) is 8.18. The Morgan fingerprint density at radius 2 is 1.22 bits per heavy atom. The van der Waals surface area contributed by atoms with Crippen molar-refractivity contribution in [1.82, 2.24) is 0 Å². The predicted molar refractivity (Wildman–Crippen MR) is 122 cm³/mol. The molecule has 0 bridgehead atoms. The Labute approximate surface area is 166 Å². The summed E-state index contributed by atoms with van der Waals surface area (Å²) in [6, 6.07) is 13.6. The molecule has 0 N–H and O–H groups in total. The fourth-order valence-electron chi connectivity index (χ4n) is 3.87. The van der Waals surface area contributed by atoms with E-state index in [0.29, 0.717) is 11.8 Å². The molecule has 1 atom stereocenters. The zero-order valence-corrected chi connectivity index (χ0v) is 18.7. The van der Waals surface area contributed by atoms with Crippen LogP contribution in [0.15, 0.2) is 36.4 Å². The van der Waals surface area contributed by atoms with Gasteiger partial charge in [-0.05, 0) is 47.6 Å². The first-order chi connectivity index (χ1) is 12.6. The maximum absolute atomic E-state index is 2.37. The van der Waals surface area contributed by atoms with Gasteiger partial charge in [-0.25, -0.2) is 0 Å². The van der Waals surface area contributed by atoms with Crippen molar-refractivity contribution in [1.29, 1.82) is 0 Å². The van der Waals surface area contributed by atoms with E-state index >= 15 is 0 Å². The summed E-state index contributed by atoms with van der Waals surface area (Å²) in [6.07, 6.45) is 1.03. The molecule has 0 aliphatic heterocycles. The fourth-order valence-corrected chi connectivity index (χ4v) is 3.87. The molecule has 0 aliphatic carbocycles. The van der Waals surface area contributed by atoms with Crippen molar-refractivity contribution in [3.05, 3.63) is 53.1 Å². The lowest BCUT2D eigenvalue weighted by atomic mass is 9.89. The Hall–Kier alpha value is -2.16. The zero-order chi connectivity index (χ0) is 20.3. The molecule has 3 heteroatoms. The van der Waals surface area contributed by atoms with Gasteiger partial charge in [-0.1, -0.05) is 39.0 Å². The van der Waals surface area contributed by atoms with Crippen molar-refractivity contribution in [2.24, 2.45) is 0 Å². The van der Waals surface area contributed by atoms with E-state index in [2.05, 4.69) is 114 Å². The highest BCUT2D eigenvalue weighted by molar-refractivity contribution is 5.68. The Kier molecular flexibility index (Phi) is 6.80. The maximum atomic E-state index is 2.37. The van der Waals surface area contributed by atoms with Gasteiger partial charge in [0.25, 0.3) is 0 Å². The third kappa shape index (κ3) is 4.77. The summed E-state index contributed by atoms with van der Waals surface area (Å²) in [4.78, 5) is 6.69. The molecule has 2 rings (SSSR count). The quantitative estimate of drug-likeness (QED) is 0.653. The summed E-state index contributed by atoms with van der Waals surface area (Å²) < 4.78 is 0. The molecule has 2 aromatic rings. The van der Waals surface area contributed by atoms with Crippen molar-refractivity contribution < 1.29 is 0 Å². The molecule has 0 aliphatic rings. The summed E-state index contributed by atoms with van der Waals surface area (Å²) in [5, 5.41) is 0. The molecule has 3 nitrogen and oxygen atoms in total. The third-order valence-corrected chi connectivity index (χ3v) is 5.26. The van der Waals surface area contributed by atoms with E-state index < -0.39 is 0 Å². The van der Waals surface area contributed by atoms with Gasteiger partial charge in [-0.3, -0.25) is 0 Å². The minimum Gasteiger partial charge on any atom is -0.377 e. The predicted octanol–water partition coefficient (Wildman–Crippen LogP) is 5.35. The van der Waals surface area contributed by atoms with E-state index in [1.165, 1.54) is 33.8 Å². The minimum atomic E-state index is 0.431. The maximum Gasteiger partial charge on any atom is 0.0417 e.